The van der Waals surface area contributed by atoms with Gasteiger partial charge in [-0.05, 0) is 18.2 Å². The van der Waals surface area contributed by atoms with E-state index in [1.807, 2.05) is 0 Å². The average molecular weight is 273 g/mol. The summed E-state index contributed by atoms with van der Waals surface area (Å²) in [5.74, 6) is -0.554. The molecule has 0 aliphatic heterocycles. The van der Waals surface area contributed by atoms with Crippen LogP contribution in [0, 0.1) is 10.1 Å². The first-order valence-corrected chi connectivity index (χ1v) is 5.67. The summed E-state index contributed by atoms with van der Waals surface area (Å²) in [5, 5.41) is 16.2. The number of nitrogens with one attached hydrogen (secondary N) is 2. The third-order valence-electron chi connectivity index (χ3n) is 2.52. The van der Waals surface area contributed by atoms with E-state index >= 15 is 0 Å². The first kappa shape index (κ1) is 13.4. The minimum atomic E-state index is -0.639. The van der Waals surface area contributed by atoms with Gasteiger partial charge in [0.25, 0.3) is 5.91 Å². The molecule has 0 saturated carbocycles. The maximum Gasteiger partial charge on any atom is 0.305 e. The highest BCUT2D eigenvalue weighted by Crippen LogP contribution is 2.28. The Morgan fingerprint density at radius 2 is 1.95 bits per heavy atom. The molecule has 0 fully saturated rings. The molecular weight excluding hydrogens is 262 g/mol. The van der Waals surface area contributed by atoms with Crippen molar-refractivity contribution < 1.29 is 9.72 Å². The third kappa shape index (κ3) is 2.69. The zero-order valence-corrected chi connectivity index (χ0v) is 10.5. The second kappa shape index (κ2) is 5.74. The second-order valence-electron chi connectivity index (χ2n) is 3.74. The van der Waals surface area contributed by atoms with E-state index in [2.05, 4.69) is 20.6 Å². The molecule has 1 aromatic carbocycles. The van der Waals surface area contributed by atoms with Crippen LogP contribution in [0.3, 0.4) is 0 Å². The normalized spacial score (nSPS) is 9.85. The molecule has 8 heteroatoms. The predicted octanol–water partition coefficient (Wildman–Crippen LogP) is 1.68. The number of nitro groups is 1. The summed E-state index contributed by atoms with van der Waals surface area (Å²) in [6, 6.07) is 6.05. The van der Waals surface area contributed by atoms with Gasteiger partial charge in [0.15, 0.2) is 0 Å². The van der Waals surface area contributed by atoms with E-state index < -0.39 is 10.8 Å². The van der Waals surface area contributed by atoms with Crippen molar-refractivity contribution in [2.75, 3.05) is 17.7 Å². The summed E-state index contributed by atoms with van der Waals surface area (Å²) in [7, 11) is 1.55. The summed E-state index contributed by atoms with van der Waals surface area (Å²) >= 11 is 0. The number of nitrogens with zero attached hydrogens (tertiary/aromatic N) is 3. The average Bonchev–Trinajstić information content (AvgIpc) is 2.47. The minimum absolute atomic E-state index is 0.0608. The number of benzene rings is 1. The molecular formula is C12H11N5O3. The fourth-order valence-electron chi connectivity index (χ4n) is 1.66. The molecule has 2 aromatic rings. The lowest BCUT2D eigenvalue weighted by Crippen LogP contribution is -2.16. The van der Waals surface area contributed by atoms with Gasteiger partial charge in [0, 0.05) is 19.4 Å². The number of hydrogen-bond acceptors (Lipinski definition) is 6. The highest BCUT2D eigenvalue weighted by atomic mass is 16.6. The molecule has 0 aliphatic rings. The largest absolute Gasteiger partial charge is 0.383 e. The van der Waals surface area contributed by atoms with Gasteiger partial charge >= 0.3 is 5.69 Å². The van der Waals surface area contributed by atoms with Gasteiger partial charge in [-0.2, -0.15) is 0 Å². The lowest BCUT2D eigenvalue weighted by atomic mass is 10.1. The predicted molar refractivity (Wildman–Crippen MR) is 72.6 cm³/mol. The van der Waals surface area contributed by atoms with Crippen molar-refractivity contribution in [2.45, 2.75) is 0 Å². The number of para-hydroxylation sites is 1. The SMILES string of the molecule is CNc1cccc(C(=O)Nc2ncccn2)c1[N+](=O)[O-]. The maximum absolute atomic E-state index is 12.1. The molecule has 1 amide bonds. The van der Waals surface area contributed by atoms with Gasteiger partial charge in [-0.3, -0.25) is 20.2 Å². The van der Waals surface area contributed by atoms with Gasteiger partial charge in [-0.15, -0.1) is 0 Å². The van der Waals surface area contributed by atoms with Gasteiger partial charge in [0.2, 0.25) is 5.95 Å². The van der Waals surface area contributed by atoms with Gasteiger partial charge in [-0.25, -0.2) is 9.97 Å². The molecule has 2 rings (SSSR count). The van der Waals surface area contributed by atoms with Crippen molar-refractivity contribution in [2.24, 2.45) is 0 Å². The van der Waals surface area contributed by atoms with Crippen molar-refractivity contribution in [3.05, 3.63) is 52.3 Å². The van der Waals surface area contributed by atoms with E-state index in [0.717, 1.165) is 0 Å². The van der Waals surface area contributed by atoms with Crippen LogP contribution in [-0.4, -0.2) is 27.8 Å². The Kier molecular flexibility index (Phi) is 3.85. The van der Waals surface area contributed by atoms with Crippen molar-refractivity contribution in [3.8, 4) is 0 Å². The third-order valence-corrected chi connectivity index (χ3v) is 2.52. The number of aromatic nitrogens is 2. The highest BCUT2D eigenvalue weighted by molar-refractivity contribution is 6.07. The molecule has 102 valence electrons. The number of nitro benzene ring substituents is 1. The van der Waals surface area contributed by atoms with Gasteiger partial charge in [0.05, 0.1) is 4.92 Å². The fraction of sp³-hybridized carbons (Fsp3) is 0.0833. The van der Waals surface area contributed by atoms with Crippen molar-refractivity contribution in [1.82, 2.24) is 9.97 Å². The van der Waals surface area contributed by atoms with Gasteiger partial charge < -0.3 is 5.32 Å². The monoisotopic (exact) mass is 273 g/mol. The molecule has 0 spiro atoms. The van der Waals surface area contributed by atoms with E-state index in [0.29, 0.717) is 0 Å². The van der Waals surface area contributed by atoms with Crippen LogP contribution >= 0.6 is 0 Å². The zero-order valence-electron chi connectivity index (χ0n) is 10.5. The summed E-state index contributed by atoms with van der Waals surface area (Å²) in [5.41, 5.74) is -0.0886. The summed E-state index contributed by atoms with van der Waals surface area (Å²) in [6.45, 7) is 0. The molecule has 20 heavy (non-hydrogen) atoms. The fourth-order valence-corrected chi connectivity index (χ4v) is 1.66. The number of carbonyl (C=O) groups is 1. The van der Waals surface area contributed by atoms with Crippen LogP contribution < -0.4 is 10.6 Å². The van der Waals surface area contributed by atoms with Crippen LogP contribution in [0.4, 0.5) is 17.3 Å². The first-order valence-electron chi connectivity index (χ1n) is 5.67. The summed E-state index contributed by atoms with van der Waals surface area (Å²) < 4.78 is 0. The Hall–Kier alpha value is -3.03. The van der Waals surface area contributed by atoms with E-state index in [4.69, 9.17) is 0 Å². The Morgan fingerprint density at radius 1 is 1.25 bits per heavy atom. The Morgan fingerprint density at radius 3 is 2.55 bits per heavy atom. The lowest BCUT2D eigenvalue weighted by Gasteiger charge is -2.07. The summed E-state index contributed by atoms with van der Waals surface area (Å²) in [4.78, 5) is 30.3. The topological polar surface area (TPSA) is 110 Å². The van der Waals surface area contributed by atoms with E-state index in [9.17, 15) is 14.9 Å². The van der Waals surface area contributed by atoms with E-state index in [1.54, 1.807) is 19.2 Å². The van der Waals surface area contributed by atoms with Crippen LogP contribution in [0.15, 0.2) is 36.7 Å². The minimum Gasteiger partial charge on any atom is -0.383 e. The van der Waals surface area contributed by atoms with Gasteiger partial charge in [0.1, 0.15) is 11.3 Å². The number of anilines is 2. The Labute approximate surface area is 114 Å². The van der Waals surface area contributed by atoms with E-state index in [1.165, 1.54) is 24.5 Å². The number of amides is 1. The number of hydrogen-bond donors (Lipinski definition) is 2. The second-order valence-corrected chi connectivity index (χ2v) is 3.74. The molecule has 2 N–H and O–H groups in total. The molecule has 0 bridgehead atoms. The lowest BCUT2D eigenvalue weighted by molar-refractivity contribution is -0.384. The molecule has 0 atom stereocenters. The van der Waals surface area contributed by atoms with Crippen molar-refractivity contribution in [1.29, 1.82) is 0 Å². The smallest absolute Gasteiger partial charge is 0.305 e. The van der Waals surface area contributed by atoms with Crippen molar-refractivity contribution >= 4 is 23.2 Å². The summed E-state index contributed by atoms with van der Waals surface area (Å²) in [6.07, 6.45) is 2.92. The van der Waals surface area contributed by atoms with Crippen LogP contribution in [-0.2, 0) is 0 Å². The maximum atomic E-state index is 12.1. The Bertz CT molecular complexity index is 645. The molecule has 1 heterocycles. The van der Waals surface area contributed by atoms with Gasteiger partial charge in [-0.1, -0.05) is 6.07 Å². The zero-order chi connectivity index (χ0) is 14.5. The molecule has 8 nitrogen and oxygen atoms in total. The quantitative estimate of drug-likeness (QED) is 0.647. The van der Waals surface area contributed by atoms with E-state index in [-0.39, 0.29) is 22.9 Å². The van der Waals surface area contributed by atoms with Crippen LogP contribution in [0.25, 0.3) is 0 Å². The molecule has 0 aliphatic carbocycles. The molecule has 0 radical (unpaired) electrons. The molecule has 0 saturated heterocycles. The first-order chi connectivity index (χ1) is 9.63. The highest BCUT2D eigenvalue weighted by Gasteiger charge is 2.24. The number of rotatable bonds is 4. The van der Waals surface area contributed by atoms with Crippen molar-refractivity contribution in [3.63, 3.8) is 0 Å². The van der Waals surface area contributed by atoms with Crippen LogP contribution in [0.2, 0.25) is 0 Å². The standard InChI is InChI=1S/C12H11N5O3/c1-13-9-5-2-4-8(10(9)17(19)20)11(18)16-12-14-6-3-7-15-12/h2-7,13H,1H3,(H,14,15,16,18). The molecule has 0 unspecified atom stereocenters. The van der Waals surface area contributed by atoms with Crippen LogP contribution in [0.5, 0.6) is 0 Å². The Balaban J connectivity index is 2.37. The number of carbonyl (C=O) groups excluding carboxylic acids is 1. The van der Waals surface area contributed by atoms with Crippen LogP contribution in [0.1, 0.15) is 10.4 Å². The molecule has 1 aromatic heterocycles.